The second kappa shape index (κ2) is 8.62. The lowest BCUT2D eigenvalue weighted by Gasteiger charge is -2.16. The van der Waals surface area contributed by atoms with Crippen LogP contribution in [0, 0.1) is 5.92 Å². The molecule has 1 aromatic carbocycles. The van der Waals surface area contributed by atoms with Gasteiger partial charge in [-0.15, -0.1) is 0 Å². The van der Waals surface area contributed by atoms with E-state index in [9.17, 15) is 5.11 Å². The Morgan fingerprint density at radius 2 is 1.63 bits per heavy atom. The van der Waals surface area contributed by atoms with Crippen molar-refractivity contribution in [3.63, 3.8) is 0 Å². The Kier molecular flexibility index (Phi) is 7.51. The van der Waals surface area contributed by atoms with Gasteiger partial charge in [-0.25, -0.2) is 0 Å². The molecule has 0 radical (unpaired) electrons. The Morgan fingerprint density at radius 3 is 2.16 bits per heavy atom. The third-order valence-corrected chi connectivity index (χ3v) is 4.17. The highest BCUT2D eigenvalue weighted by molar-refractivity contribution is 7.98. The van der Waals surface area contributed by atoms with Gasteiger partial charge in [0.1, 0.15) is 0 Å². The first-order valence-corrected chi connectivity index (χ1v) is 8.41. The van der Waals surface area contributed by atoms with Crippen molar-refractivity contribution in [2.24, 2.45) is 5.92 Å². The van der Waals surface area contributed by atoms with E-state index in [0.29, 0.717) is 18.4 Å². The molecular formula is C16H27NOS. The van der Waals surface area contributed by atoms with E-state index in [0.717, 1.165) is 17.9 Å². The number of thioether (sulfide) groups is 1. The summed E-state index contributed by atoms with van der Waals surface area (Å²) in [7, 11) is 0. The van der Waals surface area contributed by atoms with Crippen molar-refractivity contribution in [3.8, 4) is 0 Å². The molecule has 2 N–H and O–H groups in total. The fraction of sp³-hybridized carbons (Fsp3) is 0.625. The van der Waals surface area contributed by atoms with E-state index in [4.69, 9.17) is 0 Å². The molecule has 0 aliphatic rings. The smallest absolute Gasteiger partial charge is 0.0914 e. The van der Waals surface area contributed by atoms with Gasteiger partial charge in [-0.2, -0.15) is 11.8 Å². The largest absolute Gasteiger partial charge is 0.387 e. The first-order chi connectivity index (χ1) is 9.04. The zero-order valence-corrected chi connectivity index (χ0v) is 13.3. The van der Waals surface area contributed by atoms with E-state index in [1.165, 1.54) is 5.56 Å². The number of nitrogens with one attached hydrogen (secondary N) is 1. The Morgan fingerprint density at radius 1 is 1.05 bits per heavy atom. The number of hydrogen-bond donors (Lipinski definition) is 2. The van der Waals surface area contributed by atoms with Crippen molar-refractivity contribution in [2.45, 2.75) is 32.8 Å². The molecule has 0 spiro atoms. The van der Waals surface area contributed by atoms with Crippen LogP contribution in [0.2, 0.25) is 0 Å². The highest BCUT2D eigenvalue weighted by Crippen LogP contribution is 2.18. The van der Waals surface area contributed by atoms with Crippen LogP contribution in [-0.2, 0) is 0 Å². The van der Waals surface area contributed by atoms with Crippen LogP contribution < -0.4 is 5.32 Å². The average Bonchev–Trinajstić information content (AvgIpc) is 2.39. The number of rotatable bonds is 8. The molecule has 2 unspecified atom stereocenters. The third-order valence-electron chi connectivity index (χ3n) is 3.27. The van der Waals surface area contributed by atoms with Gasteiger partial charge in [0.15, 0.2) is 0 Å². The van der Waals surface area contributed by atoms with Crippen LogP contribution in [0.4, 0.5) is 0 Å². The summed E-state index contributed by atoms with van der Waals surface area (Å²) < 4.78 is 0. The molecule has 0 saturated carbocycles. The van der Waals surface area contributed by atoms with Gasteiger partial charge >= 0.3 is 0 Å². The summed E-state index contributed by atoms with van der Waals surface area (Å²) in [4.78, 5) is 0. The second-order valence-corrected chi connectivity index (χ2v) is 6.47. The Hall–Kier alpha value is -0.510. The van der Waals surface area contributed by atoms with Crippen LogP contribution in [0.15, 0.2) is 24.3 Å². The summed E-state index contributed by atoms with van der Waals surface area (Å²) in [6, 6.07) is 8.29. The molecule has 0 aliphatic heterocycles. The van der Waals surface area contributed by atoms with Gasteiger partial charge in [0.25, 0.3) is 0 Å². The van der Waals surface area contributed by atoms with Gasteiger partial charge in [-0.1, -0.05) is 45.0 Å². The van der Waals surface area contributed by atoms with Crippen molar-refractivity contribution >= 4 is 11.8 Å². The molecule has 2 nitrogen and oxygen atoms in total. The molecule has 0 fully saturated rings. The fourth-order valence-electron chi connectivity index (χ4n) is 2.03. The van der Waals surface area contributed by atoms with Gasteiger partial charge < -0.3 is 10.4 Å². The standard InChI is InChI=1S/C16H27NOS/c1-12(2)14-5-7-15(8-6-14)16(18)10-17-9-13(3)11-19-4/h5-8,12-13,16-18H,9-11H2,1-4H3. The molecule has 19 heavy (non-hydrogen) atoms. The van der Waals surface area contributed by atoms with Gasteiger partial charge in [-0.3, -0.25) is 0 Å². The van der Waals surface area contributed by atoms with E-state index < -0.39 is 6.10 Å². The zero-order chi connectivity index (χ0) is 14.3. The van der Waals surface area contributed by atoms with E-state index >= 15 is 0 Å². The van der Waals surface area contributed by atoms with Crippen molar-refractivity contribution in [3.05, 3.63) is 35.4 Å². The number of benzene rings is 1. The van der Waals surface area contributed by atoms with Gasteiger partial charge in [0, 0.05) is 6.54 Å². The minimum atomic E-state index is -0.414. The van der Waals surface area contributed by atoms with Crippen molar-refractivity contribution in [2.75, 3.05) is 25.1 Å². The van der Waals surface area contributed by atoms with E-state index in [1.54, 1.807) is 0 Å². The lowest BCUT2D eigenvalue weighted by atomic mass is 10.00. The summed E-state index contributed by atoms with van der Waals surface area (Å²) in [5.41, 5.74) is 2.31. The quantitative estimate of drug-likeness (QED) is 0.765. The Bertz CT molecular complexity index is 350. The van der Waals surface area contributed by atoms with Crippen LogP contribution >= 0.6 is 11.8 Å². The summed E-state index contributed by atoms with van der Waals surface area (Å²) in [6.07, 6.45) is 1.71. The second-order valence-electron chi connectivity index (χ2n) is 5.56. The maximum absolute atomic E-state index is 10.1. The number of aliphatic hydroxyl groups is 1. The minimum absolute atomic E-state index is 0.414. The molecule has 0 bridgehead atoms. The molecule has 0 aliphatic carbocycles. The minimum Gasteiger partial charge on any atom is -0.387 e. The summed E-state index contributed by atoms with van der Waals surface area (Å²) in [6.45, 7) is 8.18. The zero-order valence-electron chi connectivity index (χ0n) is 12.5. The lowest BCUT2D eigenvalue weighted by Crippen LogP contribution is -2.27. The summed E-state index contributed by atoms with van der Waals surface area (Å²) >= 11 is 1.87. The fourth-order valence-corrected chi connectivity index (χ4v) is 2.72. The molecule has 1 rings (SSSR count). The van der Waals surface area contributed by atoms with Crippen LogP contribution in [0.25, 0.3) is 0 Å². The molecule has 1 aromatic rings. The molecular weight excluding hydrogens is 254 g/mol. The summed E-state index contributed by atoms with van der Waals surface area (Å²) in [5.74, 6) is 2.34. The highest BCUT2D eigenvalue weighted by Gasteiger charge is 2.08. The van der Waals surface area contributed by atoms with Crippen molar-refractivity contribution in [1.82, 2.24) is 5.32 Å². The molecule has 0 saturated heterocycles. The van der Waals surface area contributed by atoms with Crippen LogP contribution in [0.5, 0.6) is 0 Å². The SMILES string of the molecule is CSCC(C)CNCC(O)c1ccc(C(C)C)cc1. The van der Waals surface area contributed by atoms with Crippen molar-refractivity contribution < 1.29 is 5.11 Å². The van der Waals surface area contributed by atoms with E-state index in [1.807, 2.05) is 23.9 Å². The summed E-state index contributed by atoms with van der Waals surface area (Å²) in [5, 5.41) is 13.5. The maximum atomic E-state index is 10.1. The molecule has 3 heteroatoms. The topological polar surface area (TPSA) is 32.3 Å². The number of aliphatic hydroxyl groups excluding tert-OH is 1. The van der Waals surface area contributed by atoms with E-state index in [2.05, 4.69) is 44.5 Å². The van der Waals surface area contributed by atoms with Crippen LogP contribution in [0.3, 0.4) is 0 Å². The first kappa shape index (κ1) is 16.5. The monoisotopic (exact) mass is 281 g/mol. The molecule has 108 valence electrons. The van der Waals surface area contributed by atoms with Crippen LogP contribution in [0.1, 0.15) is 43.9 Å². The normalized spacial score (nSPS) is 14.6. The van der Waals surface area contributed by atoms with Gasteiger partial charge in [0.2, 0.25) is 0 Å². The first-order valence-electron chi connectivity index (χ1n) is 7.02. The molecule has 0 amide bonds. The lowest BCUT2D eigenvalue weighted by molar-refractivity contribution is 0.173. The van der Waals surface area contributed by atoms with Crippen molar-refractivity contribution in [1.29, 1.82) is 0 Å². The van der Waals surface area contributed by atoms with Crippen LogP contribution in [-0.4, -0.2) is 30.2 Å². The predicted octanol–water partition coefficient (Wildman–Crippen LogP) is 3.43. The highest BCUT2D eigenvalue weighted by atomic mass is 32.2. The molecule has 0 heterocycles. The Balaban J connectivity index is 2.38. The Labute approximate surface area is 122 Å². The number of hydrogen-bond acceptors (Lipinski definition) is 3. The molecule has 0 aromatic heterocycles. The average molecular weight is 281 g/mol. The van der Waals surface area contributed by atoms with Gasteiger partial charge in [-0.05, 0) is 41.5 Å². The molecule has 2 atom stereocenters. The van der Waals surface area contributed by atoms with Gasteiger partial charge in [0.05, 0.1) is 6.10 Å². The van der Waals surface area contributed by atoms with E-state index in [-0.39, 0.29) is 0 Å². The third kappa shape index (κ3) is 5.98. The predicted molar refractivity (Wildman–Crippen MR) is 85.9 cm³/mol. The maximum Gasteiger partial charge on any atom is 0.0914 e.